The van der Waals surface area contributed by atoms with Crippen LogP contribution < -0.4 is 4.72 Å². The molecule has 102 valence electrons. The molecule has 1 aromatic carbocycles. The molecule has 1 N–H and O–H groups in total. The number of hydrogen-bond acceptors (Lipinski definition) is 4. The molecule has 6 heteroatoms. The molecule has 19 heavy (non-hydrogen) atoms. The van der Waals surface area contributed by atoms with E-state index < -0.39 is 10.0 Å². The number of aromatic nitrogens is 1. The van der Waals surface area contributed by atoms with Gasteiger partial charge in [-0.1, -0.05) is 31.1 Å². The van der Waals surface area contributed by atoms with Crippen LogP contribution in [-0.4, -0.2) is 13.6 Å². The zero-order valence-corrected chi connectivity index (χ0v) is 11.6. The molecule has 0 saturated carbocycles. The maximum Gasteiger partial charge on any atom is 0.263 e. The van der Waals surface area contributed by atoms with Crippen molar-refractivity contribution in [2.75, 3.05) is 4.72 Å². The fourth-order valence-electron chi connectivity index (χ4n) is 1.67. The van der Waals surface area contributed by atoms with Gasteiger partial charge in [-0.2, -0.15) is 0 Å². The first-order valence-corrected chi connectivity index (χ1v) is 7.54. The minimum Gasteiger partial charge on any atom is -0.363 e. The number of hydrogen-bond donors (Lipinski definition) is 1. The van der Waals surface area contributed by atoms with Crippen LogP contribution in [0.5, 0.6) is 0 Å². The standard InChI is InChI=1S/C13H16N2O3S/c1-3-10(2)11-4-6-12(7-5-11)19(16,17)15-13-8-9-18-14-13/h4-10H,3H2,1-2H3,(H,14,15). The van der Waals surface area contributed by atoms with Gasteiger partial charge in [0.2, 0.25) is 0 Å². The molecule has 0 aliphatic carbocycles. The van der Waals surface area contributed by atoms with E-state index in [1.54, 1.807) is 12.1 Å². The van der Waals surface area contributed by atoms with Crippen LogP contribution in [0.4, 0.5) is 5.82 Å². The fraction of sp³-hybridized carbons (Fsp3) is 0.308. The van der Waals surface area contributed by atoms with Gasteiger partial charge in [0.25, 0.3) is 10.0 Å². The molecule has 5 nitrogen and oxygen atoms in total. The van der Waals surface area contributed by atoms with Crippen molar-refractivity contribution in [3.05, 3.63) is 42.2 Å². The van der Waals surface area contributed by atoms with Crippen molar-refractivity contribution in [1.82, 2.24) is 5.16 Å². The van der Waals surface area contributed by atoms with Gasteiger partial charge in [-0.15, -0.1) is 0 Å². The Balaban J connectivity index is 2.21. The van der Waals surface area contributed by atoms with Gasteiger partial charge in [0.05, 0.1) is 4.90 Å². The van der Waals surface area contributed by atoms with Crippen LogP contribution >= 0.6 is 0 Å². The SMILES string of the molecule is CCC(C)c1ccc(S(=O)(=O)Nc2ccon2)cc1. The number of benzene rings is 1. The molecule has 0 spiro atoms. The highest BCUT2D eigenvalue weighted by atomic mass is 32.2. The van der Waals surface area contributed by atoms with Crippen molar-refractivity contribution in [3.8, 4) is 0 Å². The van der Waals surface area contributed by atoms with Gasteiger partial charge in [0, 0.05) is 6.07 Å². The first-order chi connectivity index (χ1) is 9.03. The van der Waals surface area contributed by atoms with Crippen LogP contribution in [0.1, 0.15) is 31.7 Å². The molecule has 1 atom stereocenters. The lowest BCUT2D eigenvalue weighted by atomic mass is 9.99. The molecular weight excluding hydrogens is 264 g/mol. The highest BCUT2D eigenvalue weighted by Crippen LogP contribution is 2.21. The Bertz CT molecular complexity index is 618. The van der Waals surface area contributed by atoms with Gasteiger partial charge < -0.3 is 4.52 Å². The molecule has 0 bridgehead atoms. The van der Waals surface area contributed by atoms with Gasteiger partial charge in [0.1, 0.15) is 6.26 Å². The molecule has 0 fully saturated rings. The molecule has 0 amide bonds. The summed E-state index contributed by atoms with van der Waals surface area (Å²) in [6.07, 6.45) is 2.33. The number of nitrogens with one attached hydrogen (secondary N) is 1. The number of sulfonamides is 1. The minimum atomic E-state index is -3.60. The van der Waals surface area contributed by atoms with E-state index in [4.69, 9.17) is 0 Å². The maximum absolute atomic E-state index is 12.1. The lowest BCUT2D eigenvalue weighted by Crippen LogP contribution is -2.13. The second kappa shape index (κ2) is 5.44. The molecule has 0 aliphatic heterocycles. The summed E-state index contributed by atoms with van der Waals surface area (Å²) in [6, 6.07) is 8.33. The summed E-state index contributed by atoms with van der Waals surface area (Å²) in [7, 11) is -3.60. The topological polar surface area (TPSA) is 72.2 Å². The van der Waals surface area contributed by atoms with Crippen LogP contribution in [-0.2, 0) is 10.0 Å². The van der Waals surface area contributed by atoms with E-state index in [-0.39, 0.29) is 10.7 Å². The molecule has 0 saturated heterocycles. The Morgan fingerprint density at radius 3 is 2.47 bits per heavy atom. The van der Waals surface area contributed by atoms with Crippen LogP contribution in [0.3, 0.4) is 0 Å². The first-order valence-electron chi connectivity index (χ1n) is 6.06. The molecule has 2 aromatic rings. The summed E-state index contributed by atoms with van der Waals surface area (Å²) in [5.74, 6) is 0.589. The van der Waals surface area contributed by atoms with Gasteiger partial charge in [0.15, 0.2) is 5.82 Å². The lowest BCUT2D eigenvalue weighted by molar-refractivity contribution is 0.423. The highest BCUT2D eigenvalue weighted by Gasteiger charge is 2.15. The van der Waals surface area contributed by atoms with E-state index in [1.165, 1.54) is 12.3 Å². The van der Waals surface area contributed by atoms with Crippen molar-refractivity contribution in [2.24, 2.45) is 0 Å². The zero-order valence-electron chi connectivity index (χ0n) is 10.8. The fourth-order valence-corrected chi connectivity index (χ4v) is 2.67. The van der Waals surface area contributed by atoms with Crippen molar-refractivity contribution >= 4 is 15.8 Å². The summed E-state index contributed by atoms with van der Waals surface area (Å²) in [6.45, 7) is 4.21. The summed E-state index contributed by atoms with van der Waals surface area (Å²) < 4.78 is 31.0. The Morgan fingerprint density at radius 1 is 1.26 bits per heavy atom. The summed E-state index contributed by atoms with van der Waals surface area (Å²) in [5, 5.41) is 3.52. The quantitative estimate of drug-likeness (QED) is 0.913. The predicted molar refractivity (Wildman–Crippen MR) is 72.5 cm³/mol. The van der Waals surface area contributed by atoms with E-state index in [1.807, 2.05) is 12.1 Å². The van der Waals surface area contributed by atoms with Crippen molar-refractivity contribution in [2.45, 2.75) is 31.1 Å². The van der Waals surface area contributed by atoms with Crippen molar-refractivity contribution in [1.29, 1.82) is 0 Å². The molecule has 2 rings (SSSR count). The van der Waals surface area contributed by atoms with E-state index in [2.05, 4.69) is 28.2 Å². The van der Waals surface area contributed by atoms with Gasteiger partial charge in [-0.3, -0.25) is 4.72 Å². The lowest BCUT2D eigenvalue weighted by Gasteiger charge is -2.10. The maximum atomic E-state index is 12.1. The second-order valence-corrected chi connectivity index (χ2v) is 6.05. The largest absolute Gasteiger partial charge is 0.363 e. The molecule has 1 unspecified atom stereocenters. The van der Waals surface area contributed by atoms with Crippen LogP contribution in [0, 0.1) is 0 Å². The van der Waals surface area contributed by atoms with Crippen LogP contribution in [0.15, 0.2) is 46.0 Å². The van der Waals surface area contributed by atoms with Crippen molar-refractivity contribution in [3.63, 3.8) is 0 Å². The molecule has 1 aromatic heterocycles. The average Bonchev–Trinajstić information content (AvgIpc) is 2.90. The van der Waals surface area contributed by atoms with E-state index in [0.29, 0.717) is 5.92 Å². The Kier molecular flexibility index (Phi) is 3.90. The van der Waals surface area contributed by atoms with Crippen LogP contribution in [0.2, 0.25) is 0 Å². The summed E-state index contributed by atoms with van der Waals surface area (Å²) in [4.78, 5) is 0.211. The van der Waals surface area contributed by atoms with E-state index in [0.717, 1.165) is 12.0 Å². The summed E-state index contributed by atoms with van der Waals surface area (Å²) in [5.41, 5.74) is 1.13. The number of rotatable bonds is 5. The normalized spacial score (nSPS) is 13.2. The smallest absolute Gasteiger partial charge is 0.263 e. The number of nitrogens with zero attached hydrogens (tertiary/aromatic N) is 1. The second-order valence-electron chi connectivity index (χ2n) is 4.37. The third-order valence-corrected chi connectivity index (χ3v) is 4.42. The van der Waals surface area contributed by atoms with E-state index >= 15 is 0 Å². The first kappa shape index (κ1) is 13.6. The third-order valence-electron chi connectivity index (χ3n) is 3.05. The van der Waals surface area contributed by atoms with Crippen molar-refractivity contribution < 1.29 is 12.9 Å². The monoisotopic (exact) mass is 280 g/mol. The van der Waals surface area contributed by atoms with Gasteiger partial charge in [-0.05, 0) is 30.0 Å². The minimum absolute atomic E-state index is 0.172. The summed E-state index contributed by atoms with van der Waals surface area (Å²) >= 11 is 0. The molecule has 0 radical (unpaired) electrons. The van der Waals surface area contributed by atoms with E-state index in [9.17, 15) is 8.42 Å². The van der Waals surface area contributed by atoms with Crippen LogP contribution in [0.25, 0.3) is 0 Å². The van der Waals surface area contributed by atoms with Gasteiger partial charge in [-0.25, -0.2) is 8.42 Å². The zero-order chi connectivity index (χ0) is 13.9. The molecular formula is C13H16N2O3S. The Hall–Kier alpha value is -1.82. The molecule has 1 heterocycles. The Labute approximate surface area is 112 Å². The highest BCUT2D eigenvalue weighted by molar-refractivity contribution is 7.92. The van der Waals surface area contributed by atoms with Gasteiger partial charge >= 0.3 is 0 Å². The average molecular weight is 280 g/mol. The molecule has 0 aliphatic rings. The predicted octanol–water partition coefficient (Wildman–Crippen LogP) is 2.99. The number of anilines is 1. The third kappa shape index (κ3) is 3.14. The Morgan fingerprint density at radius 2 is 1.95 bits per heavy atom.